The van der Waals surface area contributed by atoms with Gasteiger partial charge in [0.25, 0.3) is 15.7 Å². The molecule has 38 heavy (non-hydrogen) atoms. The molecule has 4 atom stereocenters. The van der Waals surface area contributed by atoms with Crippen molar-refractivity contribution in [1.29, 1.82) is 0 Å². The number of carbonyl (C=O) groups is 2. The van der Waals surface area contributed by atoms with Crippen LogP contribution in [0.25, 0.3) is 0 Å². The van der Waals surface area contributed by atoms with Crippen LogP contribution in [0, 0.1) is 6.92 Å². The zero-order chi connectivity index (χ0) is 29.0. The topological polar surface area (TPSA) is 181 Å². The first-order valence-electron chi connectivity index (χ1n) is 11.6. The Morgan fingerprint density at radius 2 is 1.87 bits per heavy atom. The van der Waals surface area contributed by atoms with Crippen LogP contribution >= 0.6 is 0 Å². The number of carbonyl (C=O) groups excluding carboxylic acids is 2. The summed E-state index contributed by atoms with van der Waals surface area (Å²) in [6, 6.07) is 0. The molecule has 1 spiro atoms. The maximum atomic E-state index is 13.2. The lowest BCUT2D eigenvalue weighted by Gasteiger charge is -2.43. The summed E-state index contributed by atoms with van der Waals surface area (Å²) >= 11 is 0. The molecule has 1 fully saturated rings. The Hall–Kier alpha value is -2.63. The monoisotopic (exact) mass is 575 g/mol. The molecule has 3 heterocycles. The van der Waals surface area contributed by atoms with E-state index in [1.807, 2.05) is 33.9 Å². The number of aryl methyl sites for hydroxylation is 1. The van der Waals surface area contributed by atoms with E-state index in [0.29, 0.717) is 5.41 Å². The van der Waals surface area contributed by atoms with Crippen molar-refractivity contribution in [3.8, 4) is 0 Å². The van der Waals surface area contributed by atoms with Gasteiger partial charge in [-0.1, -0.05) is 20.8 Å². The van der Waals surface area contributed by atoms with E-state index in [2.05, 4.69) is 10.1 Å². The van der Waals surface area contributed by atoms with Crippen molar-refractivity contribution in [2.45, 2.75) is 69.9 Å². The summed E-state index contributed by atoms with van der Waals surface area (Å²) in [5.41, 5.74) is -3.82. The Morgan fingerprint density at radius 3 is 2.39 bits per heavy atom. The van der Waals surface area contributed by atoms with Gasteiger partial charge in [0.05, 0.1) is 24.8 Å². The van der Waals surface area contributed by atoms with Crippen LogP contribution in [0.2, 0.25) is 18.1 Å². The van der Waals surface area contributed by atoms with E-state index in [0.717, 1.165) is 16.2 Å². The van der Waals surface area contributed by atoms with E-state index >= 15 is 0 Å². The van der Waals surface area contributed by atoms with Crippen molar-refractivity contribution >= 4 is 30.3 Å². The minimum absolute atomic E-state index is 0.179. The van der Waals surface area contributed by atoms with Crippen LogP contribution in [-0.4, -0.2) is 74.4 Å². The van der Waals surface area contributed by atoms with Gasteiger partial charge < -0.3 is 24.3 Å². The molecule has 14 nitrogen and oxygen atoms in total. The third-order valence-electron chi connectivity index (χ3n) is 7.17. The first kappa shape index (κ1) is 29.9. The van der Waals surface area contributed by atoms with Gasteiger partial charge in [0.1, 0.15) is 12.2 Å². The Kier molecular flexibility index (Phi) is 7.74. The molecule has 2 aliphatic heterocycles. The summed E-state index contributed by atoms with van der Waals surface area (Å²) in [6.07, 6.45) is -3.11. The molecule has 0 radical (unpaired) electrons. The quantitative estimate of drug-likeness (QED) is 0.197. The highest BCUT2D eigenvalue weighted by Gasteiger charge is 2.68. The van der Waals surface area contributed by atoms with Gasteiger partial charge in [0, 0.05) is 18.8 Å². The summed E-state index contributed by atoms with van der Waals surface area (Å²) in [7, 11) is -5.09. The van der Waals surface area contributed by atoms with Gasteiger partial charge in [-0.15, -0.1) is 0 Å². The van der Waals surface area contributed by atoms with Gasteiger partial charge in [0.2, 0.25) is 0 Å². The number of methoxy groups -OCH3 is 1. The summed E-state index contributed by atoms with van der Waals surface area (Å²) in [5, 5.41) is 12.7. The number of aliphatic hydroxyl groups excluding tert-OH is 1. The Morgan fingerprint density at radius 1 is 1.26 bits per heavy atom. The normalized spacial score (nSPS) is 26.9. The number of hydrogen-bond acceptors (Lipinski definition) is 11. The SMILES string of the molecule is COC(=O)C(=O)NC1=CS(=O)(=O)O[C@@]12[C@@H](CO)O[C@@H](n1cc(C)c(=O)n(C)c1=O)[C@@H]2O[Si](C)(C)C(C)(C)C. The van der Waals surface area contributed by atoms with Crippen molar-refractivity contribution in [3.05, 3.63) is 43.7 Å². The molecule has 1 amide bonds. The number of nitrogens with zero attached hydrogens (tertiary/aromatic N) is 2. The van der Waals surface area contributed by atoms with Crippen LogP contribution in [0.5, 0.6) is 0 Å². The molecule has 1 aromatic rings. The van der Waals surface area contributed by atoms with Crippen molar-refractivity contribution < 1.29 is 41.2 Å². The standard InChI is InChI=1S/C22H33N3O11SSi/c1-12-9-25(20(30)24(5)17(12)28)18-15(35-38(7,8)21(2,3)4)22(14(10-26)34-18)13(11-37(31,32)36-22)23-16(27)19(29)33-6/h9,11,14-15,18,26H,10H2,1-8H3,(H,23,27)/t14-,15+,18-,22-/m1/s1. The second kappa shape index (κ2) is 9.84. The second-order valence-electron chi connectivity index (χ2n) is 10.7. The van der Waals surface area contributed by atoms with E-state index in [4.69, 9.17) is 13.3 Å². The molecular weight excluding hydrogens is 542 g/mol. The fourth-order valence-corrected chi connectivity index (χ4v) is 6.65. The zero-order valence-corrected chi connectivity index (χ0v) is 24.2. The van der Waals surface area contributed by atoms with Crippen LogP contribution < -0.4 is 16.6 Å². The zero-order valence-electron chi connectivity index (χ0n) is 22.4. The van der Waals surface area contributed by atoms with Gasteiger partial charge in [-0.05, 0) is 25.1 Å². The first-order chi connectivity index (χ1) is 17.3. The number of aromatic nitrogens is 2. The first-order valence-corrected chi connectivity index (χ1v) is 16.0. The fourth-order valence-electron chi connectivity index (χ4n) is 4.11. The van der Waals surface area contributed by atoms with E-state index in [1.54, 1.807) is 0 Å². The average Bonchev–Trinajstić information content (AvgIpc) is 3.25. The number of ether oxygens (including phenoxy) is 2. The van der Waals surface area contributed by atoms with Gasteiger partial charge in [-0.2, -0.15) is 8.42 Å². The highest BCUT2D eigenvalue weighted by molar-refractivity contribution is 7.90. The molecule has 1 saturated heterocycles. The molecular formula is C22H33N3O11SSi. The van der Waals surface area contributed by atoms with E-state index in [-0.39, 0.29) is 5.56 Å². The highest BCUT2D eigenvalue weighted by atomic mass is 32.2. The third-order valence-corrected chi connectivity index (χ3v) is 12.7. The molecule has 0 aliphatic carbocycles. The minimum atomic E-state index is -4.50. The van der Waals surface area contributed by atoms with Crippen LogP contribution in [0.4, 0.5) is 0 Å². The fraction of sp³-hybridized carbons (Fsp3) is 0.636. The van der Waals surface area contributed by atoms with Crippen LogP contribution in [0.1, 0.15) is 32.6 Å². The lowest BCUT2D eigenvalue weighted by atomic mass is 9.89. The lowest BCUT2D eigenvalue weighted by molar-refractivity contribution is -0.152. The third kappa shape index (κ3) is 4.91. The molecule has 2 aliphatic rings. The van der Waals surface area contributed by atoms with Gasteiger partial charge in [0.15, 0.2) is 20.1 Å². The maximum Gasteiger partial charge on any atom is 0.396 e. The number of esters is 1. The van der Waals surface area contributed by atoms with Crippen molar-refractivity contribution in [1.82, 2.24) is 14.5 Å². The molecule has 212 valence electrons. The minimum Gasteiger partial charge on any atom is -0.462 e. The van der Waals surface area contributed by atoms with Crippen molar-refractivity contribution in [3.63, 3.8) is 0 Å². The Labute approximate surface area is 220 Å². The number of amides is 1. The molecule has 0 aromatic carbocycles. The van der Waals surface area contributed by atoms with E-state index in [1.165, 1.54) is 20.2 Å². The molecule has 2 N–H and O–H groups in total. The average molecular weight is 576 g/mol. The second-order valence-corrected chi connectivity index (χ2v) is 16.9. The lowest BCUT2D eigenvalue weighted by Crippen LogP contribution is -2.60. The van der Waals surface area contributed by atoms with E-state index in [9.17, 15) is 32.7 Å². The maximum absolute atomic E-state index is 13.2. The van der Waals surface area contributed by atoms with Crippen LogP contribution in [-0.2, 0) is 44.8 Å². The Balaban J connectivity index is 2.32. The molecule has 1 aromatic heterocycles. The Bertz CT molecular complexity index is 1410. The van der Waals surface area contributed by atoms with Gasteiger partial charge in [-0.3, -0.25) is 18.7 Å². The summed E-state index contributed by atoms with van der Waals surface area (Å²) in [5.74, 6) is -2.62. The molecule has 0 bridgehead atoms. The van der Waals surface area contributed by atoms with Crippen LogP contribution in [0.15, 0.2) is 26.9 Å². The number of nitrogens with one attached hydrogen (secondary N) is 1. The predicted octanol–water partition coefficient (Wildman–Crippen LogP) is -0.635. The van der Waals surface area contributed by atoms with Crippen molar-refractivity contribution in [2.75, 3.05) is 13.7 Å². The number of hydrogen-bond donors (Lipinski definition) is 2. The smallest absolute Gasteiger partial charge is 0.396 e. The predicted molar refractivity (Wildman–Crippen MR) is 135 cm³/mol. The largest absolute Gasteiger partial charge is 0.462 e. The number of rotatable bonds is 5. The molecule has 0 unspecified atom stereocenters. The highest BCUT2D eigenvalue weighted by Crippen LogP contribution is 2.51. The summed E-state index contributed by atoms with van der Waals surface area (Å²) < 4.78 is 50.1. The number of aliphatic hydroxyl groups is 1. The van der Waals surface area contributed by atoms with E-state index < -0.39 is 82.9 Å². The molecule has 0 saturated carbocycles. The van der Waals surface area contributed by atoms with Crippen molar-refractivity contribution in [2.24, 2.45) is 7.05 Å². The molecule has 16 heteroatoms. The molecule has 3 rings (SSSR count). The summed E-state index contributed by atoms with van der Waals surface area (Å²) in [6.45, 7) is 10.1. The summed E-state index contributed by atoms with van der Waals surface area (Å²) in [4.78, 5) is 49.9. The van der Waals surface area contributed by atoms with Gasteiger partial charge >= 0.3 is 17.6 Å². The van der Waals surface area contributed by atoms with Gasteiger partial charge in [-0.25, -0.2) is 13.8 Å². The van der Waals surface area contributed by atoms with Crippen LogP contribution in [0.3, 0.4) is 0 Å².